The molecular weight excluding hydrogens is 403 g/mol. The van der Waals surface area contributed by atoms with Crippen molar-refractivity contribution in [2.75, 3.05) is 11.9 Å². The van der Waals surface area contributed by atoms with Crippen molar-refractivity contribution in [2.45, 2.75) is 32.1 Å². The van der Waals surface area contributed by atoms with Crippen molar-refractivity contribution in [2.24, 2.45) is 0 Å². The predicted molar refractivity (Wildman–Crippen MR) is 113 cm³/mol. The summed E-state index contributed by atoms with van der Waals surface area (Å²) in [7, 11) is 0. The highest BCUT2D eigenvalue weighted by molar-refractivity contribution is 5.84. The number of halogens is 3. The highest BCUT2D eigenvalue weighted by Crippen LogP contribution is 2.34. The van der Waals surface area contributed by atoms with Gasteiger partial charge in [-0.3, -0.25) is 9.78 Å². The number of alkyl halides is 3. The molecule has 0 radical (unpaired) electrons. The zero-order valence-electron chi connectivity index (χ0n) is 17.0. The summed E-state index contributed by atoms with van der Waals surface area (Å²) in [4.78, 5) is 18.7. The van der Waals surface area contributed by atoms with E-state index in [0.29, 0.717) is 19.5 Å². The normalized spacial score (nSPS) is 14.6. The lowest BCUT2D eigenvalue weighted by Gasteiger charge is -2.32. The van der Waals surface area contributed by atoms with Crippen molar-refractivity contribution in [3.8, 4) is 11.1 Å². The smallest absolute Gasteiger partial charge is 0.374 e. The van der Waals surface area contributed by atoms with E-state index in [0.717, 1.165) is 40.1 Å². The molecule has 1 amide bonds. The van der Waals surface area contributed by atoms with Crippen LogP contribution in [0.1, 0.15) is 23.6 Å². The van der Waals surface area contributed by atoms with Gasteiger partial charge < -0.3 is 10.2 Å². The summed E-state index contributed by atoms with van der Waals surface area (Å²) < 4.78 is 38.6. The molecule has 1 aromatic heterocycles. The maximum absolute atomic E-state index is 12.9. The molecule has 1 aliphatic heterocycles. The zero-order valence-corrected chi connectivity index (χ0v) is 17.0. The standard InChI is InChI=1S/C24H22F3N3O/c1-16(29-20-9-12-28-13-10-20)23(31)30-14-11-22-18(15-30)3-2-4-21(22)17-5-7-19(8-6-17)24(25,26)27/h2-10,12-13,16H,11,14-15H2,1H3,(H,28,29)/t16-/m0/s1. The first kappa shape index (κ1) is 20.9. The Kier molecular flexibility index (Phi) is 5.67. The van der Waals surface area contributed by atoms with Crippen LogP contribution in [0.3, 0.4) is 0 Å². The van der Waals surface area contributed by atoms with Crippen LogP contribution in [0.2, 0.25) is 0 Å². The number of anilines is 1. The highest BCUT2D eigenvalue weighted by Gasteiger charge is 2.30. The van der Waals surface area contributed by atoms with E-state index in [9.17, 15) is 18.0 Å². The minimum atomic E-state index is -4.35. The number of nitrogens with one attached hydrogen (secondary N) is 1. The fourth-order valence-electron chi connectivity index (χ4n) is 3.94. The molecule has 0 saturated heterocycles. The van der Waals surface area contributed by atoms with E-state index >= 15 is 0 Å². The number of pyridine rings is 1. The molecule has 4 nitrogen and oxygen atoms in total. The van der Waals surface area contributed by atoms with Crippen LogP contribution in [-0.2, 0) is 23.9 Å². The van der Waals surface area contributed by atoms with E-state index in [4.69, 9.17) is 0 Å². The van der Waals surface area contributed by atoms with Gasteiger partial charge in [-0.05, 0) is 59.9 Å². The van der Waals surface area contributed by atoms with Crippen molar-refractivity contribution in [3.05, 3.63) is 83.7 Å². The Hall–Kier alpha value is -3.35. The van der Waals surface area contributed by atoms with Crippen molar-refractivity contribution < 1.29 is 18.0 Å². The van der Waals surface area contributed by atoms with Crippen molar-refractivity contribution >= 4 is 11.6 Å². The molecule has 0 bridgehead atoms. The third kappa shape index (κ3) is 4.55. The lowest BCUT2D eigenvalue weighted by atomic mass is 9.90. The number of hydrogen-bond donors (Lipinski definition) is 1. The number of aromatic nitrogens is 1. The van der Waals surface area contributed by atoms with Crippen LogP contribution >= 0.6 is 0 Å². The predicted octanol–water partition coefficient (Wildman–Crippen LogP) is 5.15. The summed E-state index contributed by atoms with van der Waals surface area (Å²) in [6.07, 6.45) is -0.365. The van der Waals surface area contributed by atoms with Crippen molar-refractivity contribution in [1.29, 1.82) is 0 Å². The van der Waals surface area contributed by atoms with Crippen molar-refractivity contribution in [3.63, 3.8) is 0 Å². The van der Waals surface area contributed by atoms with Crippen molar-refractivity contribution in [1.82, 2.24) is 9.88 Å². The monoisotopic (exact) mass is 425 g/mol. The average molecular weight is 425 g/mol. The third-order valence-electron chi connectivity index (χ3n) is 5.53. The number of nitrogens with zero attached hydrogens (tertiary/aromatic N) is 2. The molecule has 0 spiro atoms. The van der Waals surface area contributed by atoms with Gasteiger partial charge in [-0.15, -0.1) is 0 Å². The second kappa shape index (κ2) is 8.41. The van der Waals surface area contributed by atoms with E-state index in [2.05, 4.69) is 10.3 Å². The van der Waals surface area contributed by atoms with Gasteiger partial charge in [0.1, 0.15) is 6.04 Å². The number of benzene rings is 2. The van der Waals surface area contributed by atoms with Crippen LogP contribution in [0.15, 0.2) is 67.0 Å². The van der Waals surface area contributed by atoms with Crippen LogP contribution in [-0.4, -0.2) is 28.4 Å². The van der Waals surface area contributed by atoms with Gasteiger partial charge in [0.05, 0.1) is 5.56 Å². The molecule has 4 rings (SSSR count). The van der Waals surface area contributed by atoms with Gasteiger partial charge >= 0.3 is 6.18 Å². The van der Waals surface area contributed by atoms with E-state index in [1.54, 1.807) is 12.4 Å². The quantitative estimate of drug-likeness (QED) is 0.629. The lowest BCUT2D eigenvalue weighted by Crippen LogP contribution is -2.43. The third-order valence-corrected chi connectivity index (χ3v) is 5.53. The van der Waals surface area contributed by atoms with E-state index in [-0.39, 0.29) is 11.9 Å². The highest BCUT2D eigenvalue weighted by atomic mass is 19.4. The minimum absolute atomic E-state index is 0.00222. The van der Waals surface area contributed by atoms with Gasteiger partial charge in [0.15, 0.2) is 0 Å². The number of fused-ring (bicyclic) bond motifs is 1. The van der Waals surface area contributed by atoms with Gasteiger partial charge in [0, 0.05) is 31.2 Å². The summed E-state index contributed by atoms with van der Waals surface area (Å²) in [5, 5.41) is 3.19. The Morgan fingerprint density at radius 2 is 1.77 bits per heavy atom. The molecular formula is C24H22F3N3O. The van der Waals surface area contributed by atoms with Crippen LogP contribution < -0.4 is 5.32 Å². The summed E-state index contributed by atoms with van der Waals surface area (Å²) in [5.41, 5.74) is 3.94. The molecule has 1 N–H and O–H groups in total. The summed E-state index contributed by atoms with van der Waals surface area (Å²) >= 11 is 0. The Labute approximate surface area is 178 Å². The lowest BCUT2D eigenvalue weighted by molar-refractivity contribution is -0.137. The molecule has 7 heteroatoms. The molecule has 31 heavy (non-hydrogen) atoms. The number of rotatable bonds is 4. The number of amides is 1. The van der Waals surface area contributed by atoms with Gasteiger partial charge in [0.25, 0.3) is 0 Å². The first-order valence-electron chi connectivity index (χ1n) is 10.1. The summed E-state index contributed by atoms with van der Waals surface area (Å²) in [6.45, 7) is 2.87. The number of carbonyl (C=O) groups excluding carboxylic acids is 1. The fourth-order valence-corrected chi connectivity index (χ4v) is 3.94. The molecule has 3 aromatic rings. The molecule has 2 heterocycles. The van der Waals surface area contributed by atoms with Gasteiger partial charge in [-0.2, -0.15) is 13.2 Å². The SMILES string of the molecule is C[C@H](Nc1ccncc1)C(=O)N1CCc2c(cccc2-c2ccc(C(F)(F)F)cc2)C1. The first-order chi connectivity index (χ1) is 14.8. The van der Waals surface area contributed by atoms with E-state index in [1.807, 2.05) is 42.2 Å². The first-order valence-corrected chi connectivity index (χ1v) is 10.1. The largest absolute Gasteiger partial charge is 0.416 e. The van der Waals surface area contributed by atoms with Gasteiger partial charge in [-0.1, -0.05) is 30.3 Å². The Morgan fingerprint density at radius 1 is 1.06 bits per heavy atom. The average Bonchev–Trinajstić information content (AvgIpc) is 2.78. The van der Waals surface area contributed by atoms with E-state index in [1.165, 1.54) is 12.1 Å². The molecule has 1 aliphatic rings. The van der Waals surface area contributed by atoms with Gasteiger partial charge in [-0.25, -0.2) is 0 Å². The van der Waals surface area contributed by atoms with Crippen LogP contribution in [0.4, 0.5) is 18.9 Å². The van der Waals surface area contributed by atoms with Crippen LogP contribution in [0.25, 0.3) is 11.1 Å². The molecule has 2 aromatic carbocycles. The summed E-state index contributed by atoms with van der Waals surface area (Å²) in [6, 6.07) is 14.3. The topological polar surface area (TPSA) is 45.2 Å². The molecule has 0 unspecified atom stereocenters. The molecule has 160 valence electrons. The zero-order chi connectivity index (χ0) is 22.0. The van der Waals surface area contributed by atoms with Crippen LogP contribution in [0.5, 0.6) is 0 Å². The molecule has 1 atom stereocenters. The second-order valence-corrected chi connectivity index (χ2v) is 7.63. The van der Waals surface area contributed by atoms with Crippen LogP contribution in [0, 0.1) is 0 Å². The summed E-state index contributed by atoms with van der Waals surface area (Å²) in [5.74, 6) is 0.00222. The Bertz CT molecular complexity index is 1070. The Balaban J connectivity index is 1.51. The number of carbonyl (C=O) groups is 1. The Morgan fingerprint density at radius 3 is 2.45 bits per heavy atom. The molecule has 0 fully saturated rings. The maximum Gasteiger partial charge on any atom is 0.416 e. The van der Waals surface area contributed by atoms with Gasteiger partial charge in [0.2, 0.25) is 5.91 Å². The molecule has 0 saturated carbocycles. The minimum Gasteiger partial charge on any atom is -0.374 e. The number of hydrogen-bond acceptors (Lipinski definition) is 3. The molecule has 0 aliphatic carbocycles. The second-order valence-electron chi connectivity index (χ2n) is 7.63. The van der Waals surface area contributed by atoms with E-state index < -0.39 is 11.7 Å². The maximum atomic E-state index is 12.9. The fraction of sp³-hybridized carbons (Fsp3) is 0.250.